The summed E-state index contributed by atoms with van der Waals surface area (Å²) in [6, 6.07) is 18.4. The van der Waals surface area contributed by atoms with Crippen molar-refractivity contribution in [2.75, 3.05) is 0 Å². The van der Waals surface area contributed by atoms with Crippen LogP contribution in [-0.2, 0) is 0 Å². The van der Waals surface area contributed by atoms with Gasteiger partial charge in [-0.2, -0.15) is 0 Å². The first-order valence-electron chi connectivity index (χ1n) is 11.0. The van der Waals surface area contributed by atoms with Crippen molar-refractivity contribution in [1.29, 1.82) is 0 Å². The van der Waals surface area contributed by atoms with Gasteiger partial charge in [0.15, 0.2) is 5.78 Å². The molecule has 1 fully saturated rings. The van der Waals surface area contributed by atoms with Crippen molar-refractivity contribution in [3.8, 4) is 6.01 Å². The van der Waals surface area contributed by atoms with E-state index in [1.54, 1.807) is 36.4 Å². The number of ether oxygens (including phenoxy) is 1. The molecule has 3 aromatic rings. The second-order valence-corrected chi connectivity index (χ2v) is 8.24. The molecule has 6 heteroatoms. The second-order valence-electron chi connectivity index (χ2n) is 8.24. The van der Waals surface area contributed by atoms with Crippen LogP contribution in [0.3, 0.4) is 0 Å². The summed E-state index contributed by atoms with van der Waals surface area (Å²) in [6.07, 6.45) is 3.26. The number of benzene rings is 2. The first-order chi connectivity index (χ1) is 15.5. The van der Waals surface area contributed by atoms with Crippen molar-refractivity contribution < 1.29 is 14.3 Å². The Labute approximate surface area is 188 Å². The van der Waals surface area contributed by atoms with Crippen LogP contribution in [0.25, 0.3) is 0 Å². The van der Waals surface area contributed by atoms with Crippen molar-refractivity contribution in [2.24, 2.45) is 0 Å². The maximum Gasteiger partial charge on any atom is 0.317 e. The van der Waals surface area contributed by atoms with E-state index < -0.39 is 0 Å². The first-order valence-corrected chi connectivity index (χ1v) is 11.0. The highest BCUT2D eigenvalue weighted by atomic mass is 16.5. The highest BCUT2D eigenvalue weighted by Gasteiger charge is 2.26. The molecule has 0 bridgehead atoms. The molecule has 0 unspecified atom stereocenters. The zero-order chi connectivity index (χ0) is 22.5. The van der Waals surface area contributed by atoms with Crippen LogP contribution in [-0.4, -0.2) is 33.8 Å². The van der Waals surface area contributed by atoms with E-state index in [2.05, 4.69) is 15.3 Å². The predicted octanol–water partition coefficient (Wildman–Crippen LogP) is 4.44. The molecule has 1 aliphatic carbocycles. The number of rotatable bonds is 6. The molecule has 4 rings (SSSR count). The van der Waals surface area contributed by atoms with Gasteiger partial charge in [-0.1, -0.05) is 48.5 Å². The quantitative estimate of drug-likeness (QED) is 0.586. The maximum absolute atomic E-state index is 13.0. The van der Waals surface area contributed by atoms with E-state index in [1.165, 1.54) is 0 Å². The number of nitrogens with one attached hydrogen (secondary N) is 1. The summed E-state index contributed by atoms with van der Waals surface area (Å²) in [5.74, 6) is -0.367. The monoisotopic (exact) mass is 429 g/mol. The smallest absolute Gasteiger partial charge is 0.317 e. The third-order valence-electron chi connectivity index (χ3n) is 5.70. The van der Waals surface area contributed by atoms with Crippen molar-refractivity contribution in [3.05, 3.63) is 88.7 Å². The number of nitrogens with zero attached hydrogens (tertiary/aromatic N) is 2. The van der Waals surface area contributed by atoms with Gasteiger partial charge in [0.1, 0.15) is 6.10 Å². The Morgan fingerprint density at radius 3 is 2.09 bits per heavy atom. The molecule has 0 saturated heterocycles. The lowest BCUT2D eigenvalue weighted by Crippen LogP contribution is -2.40. The lowest BCUT2D eigenvalue weighted by Gasteiger charge is -2.29. The summed E-state index contributed by atoms with van der Waals surface area (Å²) in [6.45, 7) is 3.85. The summed E-state index contributed by atoms with van der Waals surface area (Å²) in [7, 11) is 0. The lowest BCUT2D eigenvalue weighted by atomic mass is 9.92. The predicted molar refractivity (Wildman–Crippen MR) is 122 cm³/mol. The average molecular weight is 430 g/mol. The maximum atomic E-state index is 13.0. The molecule has 1 aliphatic rings. The summed E-state index contributed by atoms with van der Waals surface area (Å²) < 4.78 is 5.97. The minimum absolute atomic E-state index is 0.0382. The third kappa shape index (κ3) is 5.19. The Bertz CT molecular complexity index is 1090. The number of aromatic nitrogens is 2. The number of amides is 1. The van der Waals surface area contributed by atoms with Crippen LogP contribution in [0.2, 0.25) is 0 Å². The number of ketones is 1. The Balaban J connectivity index is 1.37. The lowest BCUT2D eigenvalue weighted by molar-refractivity contribution is 0.0878. The molecule has 0 atom stereocenters. The summed E-state index contributed by atoms with van der Waals surface area (Å²) >= 11 is 0. The van der Waals surface area contributed by atoms with Crippen LogP contribution in [0.5, 0.6) is 6.01 Å². The van der Waals surface area contributed by atoms with Crippen molar-refractivity contribution in [3.63, 3.8) is 0 Å². The van der Waals surface area contributed by atoms with E-state index in [1.807, 2.05) is 38.1 Å². The molecular formula is C26H27N3O3. The average Bonchev–Trinajstić information content (AvgIpc) is 2.80. The van der Waals surface area contributed by atoms with Crippen LogP contribution < -0.4 is 10.1 Å². The number of carbonyl (C=O) groups is 2. The standard InChI is InChI=1S/C26H27N3O3/c1-17-16-18(2)28-26(27-17)32-21-14-12-20(13-15-21)29-25(31)23-11-7-6-10-22(23)24(30)19-8-4-3-5-9-19/h3-11,16,20-21H,12-15H2,1-2H3,(H,29,31). The van der Waals surface area contributed by atoms with Crippen LogP contribution >= 0.6 is 0 Å². The van der Waals surface area contributed by atoms with Gasteiger partial charge in [0.05, 0.1) is 5.56 Å². The molecule has 1 heterocycles. The molecule has 1 saturated carbocycles. The van der Waals surface area contributed by atoms with Gasteiger partial charge in [-0.05, 0) is 51.7 Å². The van der Waals surface area contributed by atoms with E-state index in [4.69, 9.17) is 4.74 Å². The van der Waals surface area contributed by atoms with Gasteiger partial charge in [0.25, 0.3) is 5.91 Å². The molecule has 1 aromatic heterocycles. The molecule has 1 N–H and O–H groups in total. The van der Waals surface area contributed by atoms with E-state index in [0.29, 0.717) is 22.7 Å². The van der Waals surface area contributed by atoms with E-state index in [0.717, 1.165) is 37.1 Å². The summed E-state index contributed by atoms with van der Waals surface area (Å²) in [4.78, 5) is 34.6. The highest BCUT2D eigenvalue weighted by Crippen LogP contribution is 2.23. The summed E-state index contributed by atoms with van der Waals surface area (Å²) in [5, 5.41) is 3.11. The number of aryl methyl sites for hydroxylation is 2. The number of carbonyl (C=O) groups excluding carboxylic acids is 2. The Morgan fingerprint density at radius 1 is 0.844 bits per heavy atom. The van der Waals surface area contributed by atoms with Crippen LogP contribution in [0.4, 0.5) is 0 Å². The Morgan fingerprint density at radius 2 is 1.44 bits per heavy atom. The minimum Gasteiger partial charge on any atom is -0.460 e. The molecule has 2 aromatic carbocycles. The Kier molecular flexibility index (Phi) is 6.59. The van der Waals surface area contributed by atoms with Gasteiger partial charge in [0, 0.05) is 28.6 Å². The fourth-order valence-electron chi connectivity index (χ4n) is 4.11. The van der Waals surface area contributed by atoms with Crippen molar-refractivity contribution in [1.82, 2.24) is 15.3 Å². The van der Waals surface area contributed by atoms with Gasteiger partial charge in [-0.25, -0.2) is 9.97 Å². The third-order valence-corrected chi connectivity index (χ3v) is 5.70. The van der Waals surface area contributed by atoms with E-state index in [-0.39, 0.29) is 23.8 Å². The molecule has 164 valence electrons. The van der Waals surface area contributed by atoms with Gasteiger partial charge < -0.3 is 10.1 Å². The second kappa shape index (κ2) is 9.73. The Hall–Kier alpha value is -3.54. The van der Waals surface area contributed by atoms with Crippen molar-refractivity contribution in [2.45, 2.75) is 51.7 Å². The van der Waals surface area contributed by atoms with Crippen LogP contribution in [0.15, 0.2) is 60.7 Å². The largest absolute Gasteiger partial charge is 0.460 e. The zero-order valence-electron chi connectivity index (χ0n) is 18.4. The van der Waals surface area contributed by atoms with Crippen LogP contribution in [0, 0.1) is 13.8 Å². The fourth-order valence-corrected chi connectivity index (χ4v) is 4.11. The molecule has 0 radical (unpaired) electrons. The van der Waals surface area contributed by atoms with E-state index >= 15 is 0 Å². The molecule has 1 amide bonds. The molecule has 0 aliphatic heterocycles. The van der Waals surface area contributed by atoms with E-state index in [9.17, 15) is 9.59 Å². The molecule has 0 spiro atoms. The fraction of sp³-hybridized carbons (Fsp3) is 0.308. The highest BCUT2D eigenvalue weighted by molar-refractivity contribution is 6.15. The molecule has 32 heavy (non-hydrogen) atoms. The first kappa shape index (κ1) is 21.7. The van der Waals surface area contributed by atoms with Gasteiger partial charge >= 0.3 is 6.01 Å². The summed E-state index contributed by atoms with van der Waals surface area (Å²) in [5.41, 5.74) is 3.16. The zero-order valence-corrected chi connectivity index (χ0v) is 18.4. The topological polar surface area (TPSA) is 81.2 Å². The normalized spacial score (nSPS) is 18.1. The van der Waals surface area contributed by atoms with Crippen molar-refractivity contribution >= 4 is 11.7 Å². The van der Waals surface area contributed by atoms with Gasteiger partial charge in [-0.3, -0.25) is 9.59 Å². The SMILES string of the molecule is Cc1cc(C)nc(OC2CCC(NC(=O)c3ccccc3C(=O)c3ccccc3)CC2)n1. The number of hydrogen-bond donors (Lipinski definition) is 1. The van der Waals surface area contributed by atoms with Crippen LogP contribution in [0.1, 0.15) is 63.4 Å². The molecular weight excluding hydrogens is 402 g/mol. The van der Waals surface area contributed by atoms with Gasteiger partial charge in [-0.15, -0.1) is 0 Å². The molecule has 6 nitrogen and oxygen atoms in total. The number of hydrogen-bond acceptors (Lipinski definition) is 5. The minimum atomic E-state index is -0.216. The van der Waals surface area contributed by atoms with Gasteiger partial charge in [0.2, 0.25) is 0 Å².